The topological polar surface area (TPSA) is 83.0 Å². The van der Waals surface area contributed by atoms with Crippen molar-refractivity contribution < 1.29 is 14.1 Å². The molecule has 0 N–H and O–H groups in total. The van der Waals surface area contributed by atoms with Gasteiger partial charge in [0.15, 0.2) is 5.69 Å². The zero-order valence-electron chi connectivity index (χ0n) is 20.7. The Morgan fingerprint density at radius 2 is 2.09 bits per heavy atom. The van der Waals surface area contributed by atoms with Gasteiger partial charge in [-0.15, -0.1) is 0 Å². The number of aromatic nitrogens is 4. The van der Waals surface area contributed by atoms with Crippen LogP contribution in [0.3, 0.4) is 0 Å². The van der Waals surface area contributed by atoms with Crippen LogP contribution >= 0.6 is 0 Å². The molecule has 2 aromatic heterocycles. The summed E-state index contributed by atoms with van der Waals surface area (Å²) in [6.45, 7) is 9.86. The van der Waals surface area contributed by atoms with Crippen molar-refractivity contribution in [3.63, 3.8) is 0 Å². The molecular weight excluding hydrogens is 428 g/mol. The summed E-state index contributed by atoms with van der Waals surface area (Å²) in [6, 6.07) is 6.31. The average molecular weight is 463 g/mol. The summed E-state index contributed by atoms with van der Waals surface area (Å²) in [4.78, 5) is 16.6. The lowest BCUT2D eigenvalue weighted by molar-refractivity contribution is -0.143. The number of esters is 1. The molecule has 2 aliphatic carbocycles. The van der Waals surface area contributed by atoms with E-state index in [1.807, 2.05) is 13.0 Å². The normalized spacial score (nSPS) is 16.9. The lowest BCUT2D eigenvalue weighted by Crippen LogP contribution is -2.24. The fourth-order valence-electron chi connectivity index (χ4n) is 5.08. The van der Waals surface area contributed by atoms with Crippen LogP contribution < -0.4 is 0 Å². The monoisotopic (exact) mass is 462 g/mol. The first kappa shape index (κ1) is 22.8. The highest BCUT2D eigenvalue weighted by Crippen LogP contribution is 2.43. The van der Waals surface area contributed by atoms with Gasteiger partial charge in [-0.25, -0.2) is 0 Å². The largest absolute Gasteiger partial charge is 0.466 e. The predicted molar refractivity (Wildman–Crippen MR) is 129 cm³/mol. The van der Waals surface area contributed by atoms with Crippen LogP contribution in [0.4, 0.5) is 0 Å². The van der Waals surface area contributed by atoms with Gasteiger partial charge in [0.2, 0.25) is 5.82 Å². The van der Waals surface area contributed by atoms with Gasteiger partial charge >= 0.3 is 5.97 Å². The third kappa shape index (κ3) is 4.52. The van der Waals surface area contributed by atoms with Crippen LogP contribution in [0.25, 0.3) is 23.0 Å². The van der Waals surface area contributed by atoms with Crippen LogP contribution in [0, 0.1) is 5.41 Å². The van der Waals surface area contributed by atoms with Crippen molar-refractivity contribution in [2.75, 3.05) is 6.61 Å². The number of rotatable bonds is 8. The van der Waals surface area contributed by atoms with Crippen molar-refractivity contribution in [2.24, 2.45) is 5.41 Å². The fourth-order valence-corrected chi connectivity index (χ4v) is 5.08. The highest BCUT2D eigenvalue weighted by atomic mass is 16.5. The molecule has 1 aromatic carbocycles. The van der Waals surface area contributed by atoms with E-state index in [9.17, 15) is 4.79 Å². The van der Waals surface area contributed by atoms with E-state index in [0.29, 0.717) is 37.1 Å². The molecule has 180 valence electrons. The highest BCUT2D eigenvalue weighted by molar-refractivity contribution is 5.70. The van der Waals surface area contributed by atoms with Crippen molar-refractivity contribution in [3.8, 4) is 23.0 Å². The molecule has 0 atom stereocenters. The molecule has 0 unspecified atom stereocenters. The highest BCUT2D eigenvalue weighted by Gasteiger charge is 2.33. The standard InChI is InChI=1S/C27H34N4O3/c1-5-31-22-16-27(3,4)14-13-20(22)24(29-31)26-28-25(30-34-26)19-10-9-18(11-12-23(32)33-6-2)21(15-19)17-7-8-17/h9-10,15,17H,5-8,11-14,16H2,1-4H3. The zero-order valence-corrected chi connectivity index (χ0v) is 20.7. The lowest BCUT2D eigenvalue weighted by atomic mass is 9.76. The van der Waals surface area contributed by atoms with Gasteiger partial charge in [0.1, 0.15) is 0 Å². The quantitative estimate of drug-likeness (QED) is 0.411. The second-order valence-electron chi connectivity index (χ2n) is 10.3. The lowest BCUT2D eigenvalue weighted by Gasteiger charge is -2.30. The summed E-state index contributed by atoms with van der Waals surface area (Å²) in [5.41, 5.74) is 7.12. The van der Waals surface area contributed by atoms with E-state index >= 15 is 0 Å². The van der Waals surface area contributed by atoms with Crippen molar-refractivity contribution in [1.29, 1.82) is 0 Å². The molecule has 2 aliphatic rings. The molecule has 0 aliphatic heterocycles. The van der Waals surface area contributed by atoms with E-state index in [1.54, 1.807) is 0 Å². The SMILES string of the molecule is CCOC(=O)CCc1ccc(-c2noc(-c3nn(CC)c4c3CCC(C)(C)C4)n2)cc1C1CC1. The molecule has 1 fully saturated rings. The van der Waals surface area contributed by atoms with Crippen molar-refractivity contribution >= 4 is 5.97 Å². The van der Waals surface area contributed by atoms with Gasteiger partial charge in [-0.05, 0) is 80.9 Å². The molecule has 34 heavy (non-hydrogen) atoms. The van der Waals surface area contributed by atoms with Crippen LogP contribution in [-0.4, -0.2) is 32.5 Å². The number of carbonyl (C=O) groups is 1. The maximum Gasteiger partial charge on any atom is 0.306 e. The van der Waals surface area contributed by atoms with Gasteiger partial charge in [0.25, 0.3) is 5.89 Å². The minimum Gasteiger partial charge on any atom is -0.466 e. The van der Waals surface area contributed by atoms with Crippen molar-refractivity contribution in [1.82, 2.24) is 19.9 Å². The molecule has 5 rings (SSSR count). The van der Waals surface area contributed by atoms with E-state index in [4.69, 9.17) is 19.3 Å². The van der Waals surface area contributed by atoms with E-state index in [1.165, 1.54) is 35.2 Å². The van der Waals surface area contributed by atoms with E-state index in [-0.39, 0.29) is 11.4 Å². The van der Waals surface area contributed by atoms with E-state index in [0.717, 1.165) is 37.1 Å². The fraction of sp³-hybridized carbons (Fsp3) is 0.556. The minimum absolute atomic E-state index is 0.144. The number of aryl methyl sites for hydroxylation is 2. The van der Waals surface area contributed by atoms with Gasteiger partial charge in [-0.2, -0.15) is 10.1 Å². The van der Waals surface area contributed by atoms with Gasteiger partial charge in [-0.1, -0.05) is 31.1 Å². The number of hydrogen-bond donors (Lipinski definition) is 0. The predicted octanol–water partition coefficient (Wildman–Crippen LogP) is 5.51. The summed E-state index contributed by atoms with van der Waals surface area (Å²) in [5.74, 6) is 1.50. The number of fused-ring (bicyclic) bond motifs is 1. The summed E-state index contributed by atoms with van der Waals surface area (Å²) in [5, 5.41) is 9.17. The molecule has 1 saturated carbocycles. The number of ether oxygens (including phenoxy) is 1. The molecule has 7 heteroatoms. The second kappa shape index (κ2) is 9.01. The Morgan fingerprint density at radius 3 is 2.82 bits per heavy atom. The molecule has 3 aromatic rings. The molecule has 0 amide bonds. The van der Waals surface area contributed by atoms with Crippen molar-refractivity contribution in [3.05, 3.63) is 40.6 Å². The Kier molecular flexibility index (Phi) is 6.04. The zero-order chi connectivity index (χ0) is 23.9. The summed E-state index contributed by atoms with van der Waals surface area (Å²) < 4.78 is 12.9. The molecule has 0 bridgehead atoms. The van der Waals surface area contributed by atoms with Gasteiger partial charge in [0.05, 0.1) is 6.61 Å². The molecule has 0 saturated heterocycles. The van der Waals surface area contributed by atoms with Crippen molar-refractivity contribution in [2.45, 2.75) is 85.1 Å². The molecule has 0 spiro atoms. The molecular formula is C27H34N4O3. The Hall–Kier alpha value is -2.96. The third-order valence-corrected chi connectivity index (χ3v) is 7.12. The van der Waals surface area contributed by atoms with Gasteiger partial charge in [-0.3, -0.25) is 9.48 Å². The van der Waals surface area contributed by atoms with Crippen LogP contribution in [-0.2, 0) is 35.3 Å². The van der Waals surface area contributed by atoms with Gasteiger partial charge in [0, 0.05) is 29.8 Å². The Labute approximate surface area is 200 Å². The van der Waals surface area contributed by atoms with Crippen LogP contribution in [0.5, 0.6) is 0 Å². The first-order valence-electron chi connectivity index (χ1n) is 12.6. The molecule has 0 radical (unpaired) electrons. The second-order valence-corrected chi connectivity index (χ2v) is 10.3. The summed E-state index contributed by atoms with van der Waals surface area (Å²) in [6.07, 6.45) is 6.59. The molecule has 7 nitrogen and oxygen atoms in total. The Morgan fingerprint density at radius 1 is 1.26 bits per heavy atom. The van der Waals surface area contributed by atoms with E-state index < -0.39 is 0 Å². The van der Waals surface area contributed by atoms with Crippen LogP contribution in [0.1, 0.15) is 81.7 Å². The van der Waals surface area contributed by atoms with Crippen LogP contribution in [0.2, 0.25) is 0 Å². The summed E-state index contributed by atoms with van der Waals surface area (Å²) in [7, 11) is 0. The first-order chi connectivity index (χ1) is 16.4. The number of hydrogen-bond acceptors (Lipinski definition) is 6. The maximum absolute atomic E-state index is 11.8. The Bertz CT molecular complexity index is 1200. The Balaban J connectivity index is 1.42. The number of nitrogens with zero attached hydrogens (tertiary/aromatic N) is 4. The smallest absolute Gasteiger partial charge is 0.306 e. The van der Waals surface area contributed by atoms with Gasteiger partial charge < -0.3 is 9.26 Å². The average Bonchev–Trinajstić information content (AvgIpc) is 3.44. The number of benzene rings is 1. The summed E-state index contributed by atoms with van der Waals surface area (Å²) >= 11 is 0. The van der Waals surface area contributed by atoms with E-state index in [2.05, 4.69) is 42.7 Å². The first-order valence-corrected chi connectivity index (χ1v) is 12.6. The maximum atomic E-state index is 11.8. The minimum atomic E-state index is -0.144. The molecule has 2 heterocycles. The third-order valence-electron chi connectivity index (χ3n) is 7.12. The number of carbonyl (C=O) groups excluding carboxylic acids is 1. The van der Waals surface area contributed by atoms with Crippen LogP contribution in [0.15, 0.2) is 22.7 Å².